The van der Waals surface area contributed by atoms with Gasteiger partial charge in [0.25, 0.3) is 5.91 Å². The molecule has 0 aliphatic heterocycles. The molecule has 0 atom stereocenters. The molecular formula is C18H18BrF2N3O3. The lowest BCUT2D eigenvalue weighted by atomic mass is 10.1. The Morgan fingerprint density at radius 3 is 2.56 bits per heavy atom. The van der Waals surface area contributed by atoms with Crippen LogP contribution in [0.15, 0.2) is 34.8 Å². The molecule has 0 radical (unpaired) electrons. The maximum Gasteiger partial charge on any atom is 0.387 e. The number of anilines is 3. The lowest BCUT2D eigenvalue weighted by Gasteiger charge is -2.17. The zero-order chi connectivity index (χ0) is 19.6. The predicted molar refractivity (Wildman–Crippen MR) is 102 cm³/mol. The quantitative estimate of drug-likeness (QED) is 0.558. The van der Waals surface area contributed by atoms with Gasteiger partial charge in [-0.05, 0) is 31.0 Å². The first-order valence-electron chi connectivity index (χ1n) is 8.17. The third-order valence-corrected chi connectivity index (χ3v) is 4.43. The smallest absolute Gasteiger partial charge is 0.387 e. The maximum absolute atomic E-state index is 12.9. The molecule has 1 fully saturated rings. The van der Waals surface area contributed by atoms with Gasteiger partial charge in [-0.15, -0.1) is 0 Å². The normalized spacial score (nSPS) is 13.4. The van der Waals surface area contributed by atoms with Crippen LogP contribution < -0.4 is 25.8 Å². The van der Waals surface area contributed by atoms with E-state index in [-0.39, 0.29) is 23.1 Å². The molecule has 2 aromatic carbocycles. The van der Waals surface area contributed by atoms with Crippen molar-refractivity contribution in [2.24, 2.45) is 0 Å². The fraction of sp³-hybridized carbons (Fsp3) is 0.278. The number of halogens is 3. The van der Waals surface area contributed by atoms with E-state index in [1.165, 1.54) is 19.2 Å². The van der Waals surface area contributed by atoms with Crippen molar-refractivity contribution in [1.82, 2.24) is 5.32 Å². The summed E-state index contributed by atoms with van der Waals surface area (Å²) < 4.78 is 36.4. The van der Waals surface area contributed by atoms with E-state index in [0.29, 0.717) is 17.1 Å². The van der Waals surface area contributed by atoms with Crippen LogP contribution in [-0.4, -0.2) is 25.7 Å². The molecule has 1 aliphatic carbocycles. The average molecular weight is 442 g/mol. The zero-order valence-electron chi connectivity index (χ0n) is 14.4. The van der Waals surface area contributed by atoms with Crippen LogP contribution in [0.3, 0.4) is 0 Å². The first kappa shape index (κ1) is 19.2. The molecule has 0 spiro atoms. The van der Waals surface area contributed by atoms with Crippen molar-refractivity contribution in [3.63, 3.8) is 0 Å². The number of nitrogens with two attached hydrogens (primary N) is 1. The van der Waals surface area contributed by atoms with E-state index < -0.39 is 12.5 Å². The van der Waals surface area contributed by atoms with Crippen LogP contribution in [0.25, 0.3) is 0 Å². The molecule has 1 amide bonds. The molecule has 0 heterocycles. The number of carbonyl (C=O) groups is 1. The average Bonchev–Trinajstić information content (AvgIpc) is 3.40. The molecule has 6 nitrogen and oxygen atoms in total. The Bertz CT molecular complexity index is 860. The number of nitrogens with one attached hydrogen (secondary N) is 2. The van der Waals surface area contributed by atoms with Gasteiger partial charge >= 0.3 is 6.61 Å². The molecular weight excluding hydrogens is 424 g/mol. The monoisotopic (exact) mass is 441 g/mol. The van der Waals surface area contributed by atoms with Crippen molar-refractivity contribution in [1.29, 1.82) is 0 Å². The maximum atomic E-state index is 12.9. The summed E-state index contributed by atoms with van der Waals surface area (Å²) in [6.45, 7) is -3.09. The van der Waals surface area contributed by atoms with Gasteiger partial charge in [-0.3, -0.25) is 4.79 Å². The molecule has 0 bridgehead atoms. The number of hydrogen-bond acceptors (Lipinski definition) is 5. The Balaban J connectivity index is 1.98. The first-order valence-corrected chi connectivity index (χ1v) is 8.96. The van der Waals surface area contributed by atoms with Gasteiger partial charge in [-0.2, -0.15) is 8.78 Å². The van der Waals surface area contributed by atoms with Gasteiger partial charge in [0.2, 0.25) is 0 Å². The fourth-order valence-electron chi connectivity index (χ4n) is 2.52. The predicted octanol–water partition coefficient (Wildman–Crippen LogP) is 4.28. The van der Waals surface area contributed by atoms with Crippen LogP contribution in [0.4, 0.5) is 25.8 Å². The van der Waals surface area contributed by atoms with Crippen molar-refractivity contribution in [3.05, 3.63) is 40.4 Å². The van der Waals surface area contributed by atoms with E-state index in [0.717, 1.165) is 17.3 Å². The zero-order valence-corrected chi connectivity index (χ0v) is 16.0. The highest BCUT2D eigenvalue weighted by Crippen LogP contribution is 2.37. The molecule has 9 heteroatoms. The van der Waals surface area contributed by atoms with Gasteiger partial charge in [0.1, 0.15) is 17.1 Å². The summed E-state index contributed by atoms with van der Waals surface area (Å²) in [5.74, 6) is -0.676. The minimum atomic E-state index is -3.09. The number of amides is 1. The molecule has 0 saturated heterocycles. The molecule has 0 aromatic heterocycles. The molecule has 1 aliphatic rings. The van der Waals surface area contributed by atoms with E-state index >= 15 is 0 Å². The number of carbonyl (C=O) groups excluding carboxylic acids is 1. The Kier molecular flexibility index (Phi) is 5.69. The van der Waals surface area contributed by atoms with Crippen molar-refractivity contribution >= 4 is 38.9 Å². The summed E-state index contributed by atoms with van der Waals surface area (Å²) in [6, 6.07) is 8.12. The second kappa shape index (κ2) is 7.99. The van der Waals surface area contributed by atoms with Crippen LogP contribution in [-0.2, 0) is 0 Å². The van der Waals surface area contributed by atoms with Crippen LogP contribution >= 0.6 is 15.9 Å². The second-order valence-electron chi connectivity index (χ2n) is 6.03. The summed E-state index contributed by atoms with van der Waals surface area (Å²) >= 11 is 3.32. The Morgan fingerprint density at radius 1 is 1.26 bits per heavy atom. The summed E-state index contributed by atoms with van der Waals surface area (Å²) in [7, 11) is 1.35. The van der Waals surface area contributed by atoms with Crippen LogP contribution in [0.2, 0.25) is 0 Å². The van der Waals surface area contributed by atoms with Crippen LogP contribution in [0, 0.1) is 0 Å². The number of alkyl halides is 2. The molecule has 3 rings (SSSR count). The first-order chi connectivity index (χ1) is 12.9. The molecule has 144 valence electrons. The lowest BCUT2D eigenvalue weighted by Crippen LogP contribution is -2.26. The van der Waals surface area contributed by atoms with Crippen molar-refractivity contribution in [2.75, 3.05) is 18.2 Å². The third kappa shape index (κ3) is 4.79. The van der Waals surface area contributed by atoms with E-state index in [4.69, 9.17) is 10.5 Å². The van der Waals surface area contributed by atoms with Gasteiger partial charge in [0.15, 0.2) is 0 Å². The van der Waals surface area contributed by atoms with Gasteiger partial charge in [-0.1, -0.05) is 15.9 Å². The topological polar surface area (TPSA) is 85.6 Å². The lowest BCUT2D eigenvalue weighted by molar-refractivity contribution is -0.0502. The number of ether oxygens (including phenoxy) is 2. The number of benzene rings is 2. The van der Waals surface area contributed by atoms with Gasteiger partial charge < -0.3 is 25.8 Å². The molecule has 27 heavy (non-hydrogen) atoms. The van der Waals surface area contributed by atoms with Gasteiger partial charge in [-0.25, -0.2) is 0 Å². The van der Waals surface area contributed by atoms with Crippen molar-refractivity contribution in [2.45, 2.75) is 25.5 Å². The highest BCUT2D eigenvalue weighted by atomic mass is 79.9. The molecule has 4 N–H and O–H groups in total. The summed E-state index contributed by atoms with van der Waals surface area (Å²) in [6.07, 6.45) is 1.73. The van der Waals surface area contributed by atoms with Gasteiger partial charge in [0, 0.05) is 28.3 Å². The number of nitrogen functional groups attached to an aromatic ring is 1. The summed E-state index contributed by atoms with van der Waals surface area (Å²) in [5.41, 5.74) is 7.30. The molecule has 1 saturated carbocycles. The van der Waals surface area contributed by atoms with Crippen molar-refractivity contribution in [3.8, 4) is 11.5 Å². The fourth-order valence-corrected chi connectivity index (χ4v) is 2.90. The number of methoxy groups -OCH3 is 1. The molecule has 0 unspecified atom stereocenters. The van der Waals surface area contributed by atoms with Crippen molar-refractivity contribution < 1.29 is 23.0 Å². The Hall–Kier alpha value is -2.55. The molecule has 2 aromatic rings. The Labute approximate surface area is 163 Å². The van der Waals surface area contributed by atoms with Crippen LogP contribution in [0.1, 0.15) is 23.2 Å². The summed E-state index contributed by atoms with van der Waals surface area (Å²) in [4.78, 5) is 12.5. The third-order valence-electron chi connectivity index (χ3n) is 3.93. The SMILES string of the molecule is COc1cc(Nc2ccc(Br)cc2N)cc(OC(F)F)c1C(=O)NC1CC1. The minimum Gasteiger partial charge on any atom is -0.496 e. The highest BCUT2D eigenvalue weighted by Gasteiger charge is 2.28. The highest BCUT2D eigenvalue weighted by molar-refractivity contribution is 9.10. The number of rotatable bonds is 7. The second-order valence-corrected chi connectivity index (χ2v) is 6.95. The van der Waals surface area contributed by atoms with E-state index in [1.54, 1.807) is 18.2 Å². The standard InChI is InChI=1S/C18H18BrF2N3O3/c1-26-14-7-11(23-13-5-2-9(19)6-12(13)22)8-15(27-18(20)21)16(14)17(25)24-10-3-4-10/h2,5-8,10,18,23H,3-4,22H2,1H3,(H,24,25). The van der Waals surface area contributed by atoms with E-state index in [2.05, 4.69) is 31.3 Å². The van der Waals surface area contributed by atoms with E-state index in [9.17, 15) is 13.6 Å². The van der Waals surface area contributed by atoms with Crippen LogP contribution in [0.5, 0.6) is 11.5 Å². The largest absolute Gasteiger partial charge is 0.496 e. The Morgan fingerprint density at radius 2 is 1.96 bits per heavy atom. The number of hydrogen-bond donors (Lipinski definition) is 3. The minimum absolute atomic E-state index is 0.0574. The van der Waals surface area contributed by atoms with E-state index in [1.807, 2.05) is 0 Å². The van der Waals surface area contributed by atoms with Gasteiger partial charge in [0.05, 0.1) is 18.5 Å². The summed E-state index contributed by atoms with van der Waals surface area (Å²) in [5, 5.41) is 5.78.